The van der Waals surface area contributed by atoms with Gasteiger partial charge in [0, 0.05) is 45.0 Å². The van der Waals surface area contributed by atoms with Crippen molar-refractivity contribution in [3.63, 3.8) is 0 Å². The molecule has 25 heavy (non-hydrogen) atoms. The first kappa shape index (κ1) is 18.1. The predicted octanol–water partition coefficient (Wildman–Crippen LogP) is 1.60. The summed E-state index contributed by atoms with van der Waals surface area (Å²) in [5.41, 5.74) is 0.643. The molecule has 1 heterocycles. The molecule has 1 amide bonds. The number of anilines is 2. The first-order chi connectivity index (χ1) is 11.9. The monoisotopic (exact) mass is 344 g/mol. The van der Waals surface area contributed by atoms with Crippen LogP contribution in [0.2, 0.25) is 0 Å². The number of hydrogen-bond donors (Lipinski definition) is 2. The molecule has 0 unspecified atom stereocenters. The maximum Gasteiger partial charge on any atom is 0.282 e. The third-order valence-corrected chi connectivity index (χ3v) is 3.34. The lowest BCUT2D eigenvalue weighted by atomic mass is 10.1. The zero-order chi connectivity index (χ0) is 18.4. The number of benzene rings is 1. The Morgan fingerprint density at radius 1 is 1.24 bits per heavy atom. The van der Waals surface area contributed by atoms with Crippen molar-refractivity contribution in [3.05, 3.63) is 51.7 Å². The Bertz CT molecular complexity index is 778. The van der Waals surface area contributed by atoms with E-state index in [-0.39, 0.29) is 17.8 Å². The molecule has 1 aromatic heterocycles. The summed E-state index contributed by atoms with van der Waals surface area (Å²) < 4.78 is 0. The summed E-state index contributed by atoms with van der Waals surface area (Å²) in [6.45, 7) is 2.54. The van der Waals surface area contributed by atoms with Crippen molar-refractivity contribution in [1.82, 2.24) is 15.3 Å². The molecule has 0 spiro atoms. The number of aromatic nitrogens is 2. The lowest BCUT2D eigenvalue weighted by Gasteiger charge is -2.14. The Labute approximate surface area is 145 Å². The van der Waals surface area contributed by atoms with Crippen molar-refractivity contribution in [2.24, 2.45) is 0 Å². The molecule has 2 aromatic rings. The van der Waals surface area contributed by atoms with Gasteiger partial charge in [0.25, 0.3) is 11.6 Å². The third kappa shape index (κ3) is 4.87. The molecule has 0 radical (unpaired) electrons. The lowest BCUT2D eigenvalue weighted by Crippen LogP contribution is -2.29. The van der Waals surface area contributed by atoms with Crippen LogP contribution in [0, 0.1) is 17.0 Å². The summed E-state index contributed by atoms with van der Waals surface area (Å²) in [6.07, 6.45) is 0. The van der Waals surface area contributed by atoms with Crippen LogP contribution in [0.25, 0.3) is 0 Å². The highest BCUT2D eigenvalue weighted by atomic mass is 16.6. The smallest absolute Gasteiger partial charge is 0.282 e. The standard InChI is InChI=1S/C16H20N6O3/c1-11-10-14(21(2)3)20-16(19-11)18-9-8-17-15(23)12-6-4-5-7-13(12)22(24)25/h4-7,10H,8-9H2,1-3H3,(H,17,23)(H,18,19,20). The Morgan fingerprint density at radius 2 is 1.96 bits per heavy atom. The van der Waals surface area contributed by atoms with Crippen LogP contribution in [0.15, 0.2) is 30.3 Å². The molecule has 1 aromatic carbocycles. The van der Waals surface area contributed by atoms with Gasteiger partial charge >= 0.3 is 0 Å². The van der Waals surface area contributed by atoms with Gasteiger partial charge in [-0.1, -0.05) is 12.1 Å². The Balaban J connectivity index is 1.92. The van der Waals surface area contributed by atoms with Gasteiger partial charge in [0.05, 0.1) is 4.92 Å². The Hall–Kier alpha value is -3.23. The predicted molar refractivity (Wildman–Crippen MR) is 95.0 cm³/mol. The molecular formula is C16H20N6O3. The molecule has 2 rings (SSSR count). The van der Waals surface area contributed by atoms with Crippen molar-refractivity contribution < 1.29 is 9.72 Å². The van der Waals surface area contributed by atoms with E-state index in [1.807, 2.05) is 32.0 Å². The van der Waals surface area contributed by atoms with Gasteiger partial charge in [-0.3, -0.25) is 14.9 Å². The van der Waals surface area contributed by atoms with Crippen LogP contribution in [0.1, 0.15) is 16.1 Å². The average molecular weight is 344 g/mol. The molecule has 0 atom stereocenters. The number of nitro benzene ring substituents is 1. The largest absolute Gasteiger partial charge is 0.363 e. The Morgan fingerprint density at radius 3 is 2.64 bits per heavy atom. The number of nitrogens with zero attached hydrogens (tertiary/aromatic N) is 4. The van der Waals surface area contributed by atoms with Crippen molar-refractivity contribution in [1.29, 1.82) is 0 Å². The van der Waals surface area contributed by atoms with Gasteiger partial charge in [0.2, 0.25) is 5.95 Å². The number of amides is 1. The molecule has 0 saturated heterocycles. The lowest BCUT2D eigenvalue weighted by molar-refractivity contribution is -0.385. The zero-order valence-electron chi connectivity index (χ0n) is 14.3. The first-order valence-electron chi connectivity index (χ1n) is 7.67. The van der Waals surface area contributed by atoms with E-state index >= 15 is 0 Å². The van der Waals surface area contributed by atoms with Crippen molar-refractivity contribution in [3.8, 4) is 0 Å². The molecule has 2 N–H and O–H groups in total. The van der Waals surface area contributed by atoms with Crippen molar-refractivity contribution in [2.45, 2.75) is 6.92 Å². The van der Waals surface area contributed by atoms with Crippen LogP contribution < -0.4 is 15.5 Å². The van der Waals surface area contributed by atoms with Gasteiger partial charge in [0.15, 0.2) is 0 Å². The zero-order valence-corrected chi connectivity index (χ0v) is 14.3. The van der Waals surface area contributed by atoms with Crippen molar-refractivity contribution in [2.75, 3.05) is 37.4 Å². The summed E-state index contributed by atoms with van der Waals surface area (Å²) in [7, 11) is 3.77. The molecule has 0 bridgehead atoms. The molecule has 9 nitrogen and oxygen atoms in total. The maximum absolute atomic E-state index is 12.1. The van der Waals surface area contributed by atoms with Crippen LogP contribution in [0.4, 0.5) is 17.5 Å². The van der Waals surface area contributed by atoms with Crippen LogP contribution in [-0.4, -0.2) is 48.0 Å². The van der Waals surface area contributed by atoms with E-state index in [1.54, 1.807) is 6.07 Å². The van der Waals surface area contributed by atoms with Gasteiger partial charge in [-0.25, -0.2) is 4.98 Å². The number of carbonyl (C=O) groups is 1. The molecule has 0 aliphatic heterocycles. The van der Waals surface area contributed by atoms with Gasteiger partial charge in [-0.2, -0.15) is 4.98 Å². The van der Waals surface area contributed by atoms with Gasteiger partial charge in [0.1, 0.15) is 11.4 Å². The number of rotatable bonds is 7. The molecule has 0 fully saturated rings. The van der Waals surface area contributed by atoms with Crippen molar-refractivity contribution >= 4 is 23.4 Å². The summed E-state index contributed by atoms with van der Waals surface area (Å²) >= 11 is 0. The highest BCUT2D eigenvalue weighted by molar-refractivity contribution is 5.98. The maximum atomic E-state index is 12.1. The van der Waals surface area contributed by atoms with Gasteiger partial charge in [-0.15, -0.1) is 0 Å². The quantitative estimate of drug-likeness (QED) is 0.445. The van der Waals surface area contributed by atoms with Crippen LogP contribution in [-0.2, 0) is 0 Å². The highest BCUT2D eigenvalue weighted by Gasteiger charge is 2.18. The van der Waals surface area contributed by atoms with Crippen LogP contribution >= 0.6 is 0 Å². The van der Waals surface area contributed by atoms with E-state index < -0.39 is 10.8 Å². The number of hydrogen-bond acceptors (Lipinski definition) is 7. The highest BCUT2D eigenvalue weighted by Crippen LogP contribution is 2.17. The summed E-state index contributed by atoms with van der Waals surface area (Å²) in [6, 6.07) is 7.70. The van der Waals surface area contributed by atoms with Gasteiger partial charge < -0.3 is 15.5 Å². The summed E-state index contributed by atoms with van der Waals surface area (Å²) in [5.74, 6) is 0.746. The molecule has 0 aliphatic carbocycles. The van der Waals surface area contributed by atoms with E-state index in [0.717, 1.165) is 11.5 Å². The summed E-state index contributed by atoms with van der Waals surface area (Å²) in [4.78, 5) is 33.0. The van der Waals surface area contributed by atoms with Gasteiger partial charge in [-0.05, 0) is 13.0 Å². The minimum atomic E-state index is -0.573. The second-order valence-corrected chi connectivity index (χ2v) is 5.54. The van der Waals surface area contributed by atoms with E-state index in [2.05, 4.69) is 20.6 Å². The number of aryl methyl sites for hydroxylation is 1. The second-order valence-electron chi connectivity index (χ2n) is 5.54. The fourth-order valence-electron chi connectivity index (χ4n) is 2.13. The fourth-order valence-corrected chi connectivity index (χ4v) is 2.13. The Kier molecular flexibility index (Phi) is 5.83. The molecular weight excluding hydrogens is 324 g/mol. The third-order valence-electron chi connectivity index (χ3n) is 3.34. The van der Waals surface area contributed by atoms with Crippen LogP contribution in [0.3, 0.4) is 0 Å². The first-order valence-corrected chi connectivity index (χ1v) is 7.67. The van der Waals surface area contributed by atoms with E-state index in [4.69, 9.17) is 0 Å². The van der Waals surface area contributed by atoms with E-state index in [1.165, 1.54) is 18.2 Å². The fraction of sp³-hybridized carbons (Fsp3) is 0.312. The van der Waals surface area contributed by atoms with E-state index in [0.29, 0.717) is 12.5 Å². The SMILES string of the molecule is Cc1cc(N(C)C)nc(NCCNC(=O)c2ccccc2[N+](=O)[O-])n1. The number of nitro groups is 1. The summed E-state index contributed by atoms with van der Waals surface area (Å²) in [5, 5.41) is 16.6. The molecule has 132 valence electrons. The molecule has 0 saturated carbocycles. The minimum Gasteiger partial charge on any atom is -0.363 e. The average Bonchev–Trinajstić information content (AvgIpc) is 2.58. The number of nitrogens with one attached hydrogen (secondary N) is 2. The number of para-hydroxylation sites is 1. The normalized spacial score (nSPS) is 10.2. The number of carbonyl (C=O) groups excluding carboxylic acids is 1. The molecule has 9 heteroatoms. The minimum absolute atomic E-state index is 0.0363. The topological polar surface area (TPSA) is 113 Å². The second kappa shape index (κ2) is 8.04. The van der Waals surface area contributed by atoms with E-state index in [9.17, 15) is 14.9 Å². The molecule has 0 aliphatic rings. The van der Waals surface area contributed by atoms with Crippen LogP contribution in [0.5, 0.6) is 0 Å².